The van der Waals surface area contributed by atoms with Crippen molar-refractivity contribution >= 4 is 17.5 Å². The summed E-state index contributed by atoms with van der Waals surface area (Å²) in [4.78, 5) is 24.3. The van der Waals surface area contributed by atoms with Gasteiger partial charge in [-0.3, -0.25) is 9.59 Å². The number of hydrazone groups is 1. The Morgan fingerprint density at radius 2 is 1.96 bits per heavy atom. The molecule has 0 bridgehead atoms. The van der Waals surface area contributed by atoms with Crippen LogP contribution in [0.15, 0.2) is 35.4 Å². The predicted octanol–water partition coefficient (Wildman–Crippen LogP) is 2.39. The van der Waals surface area contributed by atoms with E-state index in [1.165, 1.54) is 11.4 Å². The van der Waals surface area contributed by atoms with Crippen LogP contribution in [-0.4, -0.2) is 41.3 Å². The van der Waals surface area contributed by atoms with E-state index in [0.717, 1.165) is 31.2 Å². The number of nitrogens with zero attached hydrogens (tertiary/aromatic N) is 2. The Morgan fingerprint density at radius 3 is 2.54 bits per heavy atom. The summed E-state index contributed by atoms with van der Waals surface area (Å²) in [5, 5.41) is 18.8. The largest absolute Gasteiger partial charge is 0.396 e. The Hall–Kier alpha value is -2.21. The first-order valence-electron chi connectivity index (χ1n) is 9.32. The maximum atomic E-state index is 12.7. The van der Waals surface area contributed by atoms with Gasteiger partial charge < -0.3 is 10.4 Å². The molecule has 1 fully saturated rings. The van der Waals surface area contributed by atoms with Gasteiger partial charge in [-0.25, -0.2) is 5.01 Å². The van der Waals surface area contributed by atoms with Crippen molar-refractivity contribution in [2.75, 3.05) is 13.7 Å². The average Bonchev–Trinajstić information content (AvgIpc) is 2.98. The Bertz CT molecular complexity index is 681. The van der Waals surface area contributed by atoms with Crippen LogP contribution in [0.3, 0.4) is 0 Å². The second kappa shape index (κ2) is 7.99. The molecule has 0 spiro atoms. The van der Waals surface area contributed by atoms with Crippen molar-refractivity contribution < 1.29 is 14.7 Å². The second-order valence-corrected chi connectivity index (χ2v) is 7.43. The van der Waals surface area contributed by atoms with Crippen molar-refractivity contribution in [3.63, 3.8) is 0 Å². The Balaban J connectivity index is 1.79. The highest BCUT2D eigenvalue weighted by molar-refractivity contribution is 6.11. The number of nitrogens with one attached hydrogen (secondary N) is 1. The lowest BCUT2D eigenvalue weighted by molar-refractivity contribution is -0.127. The monoisotopic (exact) mass is 357 g/mol. The highest BCUT2D eigenvalue weighted by Gasteiger charge is 2.41. The lowest BCUT2D eigenvalue weighted by Gasteiger charge is -2.43. The highest BCUT2D eigenvalue weighted by atomic mass is 16.3. The molecule has 1 aliphatic carbocycles. The zero-order valence-corrected chi connectivity index (χ0v) is 15.3. The zero-order chi connectivity index (χ0) is 18.6. The molecule has 1 aromatic carbocycles. The third kappa shape index (κ3) is 3.96. The van der Waals surface area contributed by atoms with Crippen molar-refractivity contribution in [2.24, 2.45) is 10.5 Å². The minimum absolute atomic E-state index is 0.0506. The third-order valence-corrected chi connectivity index (χ3v) is 5.59. The topological polar surface area (TPSA) is 82.0 Å². The lowest BCUT2D eigenvalue weighted by Crippen LogP contribution is -2.45. The number of carbonyl (C=O) groups is 2. The van der Waals surface area contributed by atoms with Crippen LogP contribution in [-0.2, 0) is 9.59 Å². The van der Waals surface area contributed by atoms with Crippen LogP contribution in [0.2, 0.25) is 0 Å². The quantitative estimate of drug-likeness (QED) is 0.820. The van der Waals surface area contributed by atoms with E-state index in [2.05, 4.69) is 10.4 Å². The summed E-state index contributed by atoms with van der Waals surface area (Å²) < 4.78 is 0. The summed E-state index contributed by atoms with van der Waals surface area (Å²) in [5.41, 5.74) is 1.26. The molecule has 1 atom stereocenters. The van der Waals surface area contributed by atoms with Gasteiger partial charge in [-0.1, -0.05) is 49.6 Å². The van der Waals surface area contributed by atoms with Crippen LogP contribution < -0.4 is 5.32 Å². The fourth-order valence-electron chi connectivity index (χ4n) is 4.12. The first-order chi connectivity index (χ1) is 12.5. The molecule has 6 nitrogen and oxygen atoms in total. The Labute approximate surface area is 154 Å². The maximum Gasteiger partial charge on any atom is 0.248 e. The van der Waals surface area contributed by atoms with Gasteiger partial charge in [0.05, 0.1) is 31.2 Å². The maximum absolute atomic E-state index is 12.7. The van der Waals surface area contributed by atoms with Gasteiger partial charge in [-0.15, -0.1) is 0 Å². The number of aliphatic hydroxyl groups is 1. The fourth-order valence-corrected chi connectivity index (χ4v) is 4.12. The molecule has 2 amide bonds. The molecule has 6 heteroatoms. The molecule has 1 saturated carbocycles. The van der Waals surface area contributed by atoms with E-state index in [1.807, 2.05) is 30.3 Å². The molecule has 1 heterocycles. The first-order valence-corrected chi connectivity index (χ1v) is 9.32. The van der Waals surface area contributed by atoms with E-state index < -0.39 is 0 Å². The highest BCUT2D eigenvalue weighted by Crippen LogP contribution is 2.45. The van der Waals surface area contributed by atoms with Gasteiger partial charge in [0.1, 0.15) is 0 Å². The van der Waals surface area contributed by atoms with E-state index >= 15 is 0 Å². The van der Waals surface area contributed by atoms with Crippen molar-refractivity contribution in [3.8, 4) is 0 Å². The number of benzene rings is 1. The van der Waals surface area contributed by atoms with Gasteiger partial charge in [0.2, 0.25) is 11.8 Å². The zero-order valence-electron chi connectivity index (χ0n) is 15.3. The molecule has 140 valence electrons. The molecule has 0 radical (unpaired) electrons. The molecule has 26 heavy (non-hydrogen) atoms. The molecular weight excluding hydrogens is 330 g/mol. The number of amides is 2. The number of carbonyl (C=O) groups excluding carboxylic acids is 2. The molecule has 1 unspecified atom stereocenters. The molecule has 0 aromatic heterocycles. The van der Waals surface area contributed by atoms with Crippen LogP contribution >= 0.6 is 0 Å². The molecule has 3 rings (SSSR count). The van der Waals surface area contributed by atoms with Crippen LogP contribution in [0, 0.1) is 5.41 Å². The second-order valence-electron chi connectivity index (χ2n) is 7.43. The van der Waals surface area contributed by atoms with Crippen LogP contribution in [0.25, 0.3) is 0 Å². The van der Waals surface area contributed by atoms with Crippen molar-refractivity contribution in [3.05, 3.63) is 35.9 Å². The van der Waals surface area contributed by atoms with Gasteiger partial charge in [-0.2, -0.15) is 5.10 Å². The summed E-state index contributed by atoms with van der Waals surface area (Å²) in [6, 6.07) is 9.62. The van der Waals surface area contributed by atoms with Crippen LogP contribution in [0.4, 0.5) is 0 Å². The molecule has 0 saturated heterocycles. The molecule has 1 aromatic rings. The third-order valence-electron chi connectivity index (χ3n) is 5.59. The van der Waals surface area contributed by atoms with E-state index in [4.69, 9.17) is 0 Å². The number of aliphatic hydroxyl groups excluding tert-OH is 1. The number of hydrogen-bond acceptors (Lipinski definition) is 4. The fraction of sp³-hybridized carbons (Fsp3) is 0.550. The minimum atomic E-state index is -0.334. The van der Waals surface area contributed by atoms with Gasteiger partial charge in [-0.05, 0) is 18.4 Å². The van der Waals surface area contributed by atoms with Gasteiger partial charge >= 0.3 is 0 Å². The predicted molar refractivity (Wildman–Crippen MR) is 99.4 cm³/mol. The van der Waals surface area contributed by atoms with Crippen LogP contribution in [0.1, 0.15) is 56.6 Å². The SMILES string of the molecule is CN1N=C(CC(=O)NC(c2ccccc2)C2(CO)CCCCC2)CC1=O. The van der Waals surface area contributed by atoms with Gasteiger partial charge in [0.25, 0.3) is 0 Å². The van der Waals surface area contributed by atoms with Crippen molar-refractivity contribution in [1.82, 2.24) is 10.3 Å². The Kier molecular flexibility index (Phi) is 5.71. The summed E-state index contributed by atoms with van der Waals surface area (Å²) in [7, 11) is 1.60. The number of hydrogen-bond donors (Lipinski definition) is 2. The van der Waals surface area contributed by atoms with E-state index in [-0.39, 0.29) is 42.7 Å². The lowest BCUT2D eigenvalue weighted by atomic mass is 9.67. The summed E-state index contributed by atoms with van der Waals surface area (Å²) in [5.74, 6) is -0.245. The standard InChI is InChI=1S/C20H27N3O3/c1-23-18(26)13-16(22-23)12-17(25)21-19(15-8-4-2-5-9-15)20(14-24)10-6-3-7-11-20/h2,4-5,8-9,19,24H,3,6-7,10-14H2,1H3,(H,21,25). The Morgan fingerprint density at radius 1 is 1.27 bits per heavy atom. The van der Waals surface area contributed by atoms with Gasteiger partial charge in [0, 0.05) is 12.5 Å². The molecule has 2 N–H and O–H groups in total. The van der Waals surface area contributed by atoms with E-state index in [1.54, 1.807) is 7.05 Å². The summed E-state index contributed by atoms with van der Waals surface area (Å²) in [6.07, 6.45) is 5.39. The molecule has 1 aliphatic heterocycles. The normalized spacial score (nSPS) is 20.6. The van der Waals surface area contributed by atoms with Crippen LogP contribution in [0.5, 0.6) is 0 Å². The summed E-state index contributed by atoms with van der Waals surface area (Å²) in [6.45, 7) is 0.0506. The van der Waals surface area contributed by atoms with Gasteiger partial charge in [0.15, 0.2) is 0 Å². The molecular formula is C20H27N3O3. The summed E-state index contributed by atoms with van der Waals surface area (Å²) >= 11 is 0. The number of rotatable bonds is 6. The minimum Gasteiger partial charge on any atom is -0.396 e. The molecule has 2 aliphatic rings. The van der Waals surface area contributed by atoms with E-state index in [0.29, 0.717) is 5.71 Å². The smallest absolute Gasteiger partial charge is 0.248 e. The van der Waals surface area contributed by atoms with E-state index in [9.17, 15) is 14.7 Å². The van der Waals surface area contributed by atoms with Crippen molar-refractivity contribution in [2.45, 2.75) is 51.0 Å². The first kappa shape index (κ1) is 18.6. The average molecular weight is 357 g/mol. The van der Waals surface area contributed by atoms with Crippen molar-refractivity contribution in [1.29, 1.82) is 0 Å².